The van der Waals surface area contributed by atoms with Crippen LogP contribution in [0.4, 0.5) is 0 Å². The fourth-order valence-electron chi connectivity index (χ4n) is 2.55. The number of benzene rings is 1. The highest BCUT2D eigenvalue weighted by atomic mass is 16.3. The van der Waals surface area contributed by atoms with Crippen LogP contribution >= 0.6 is 0 Å². The third-order valence-corrected chi connectivity index (χ3v) is 4.30. The Hall–Kier alpha value is -2.21. The maximum absolute atomic E-state index is 12.7. The lowest BCUT2D eigenvalue weighted by atomic mass is 9.79. The number of hydrogen-bond acceptors (Lipinski definition) is 4. The average Bonchev–Trinajstić information content (AvgIpc) is 3.03. The van der Waals surface area contributed by atoms with Crippen molar-refractivity contribution in [2.24, 2.45) is 0 Å². The average molecular weight is 358 g/mol. The van der Waals surface area contributed by atoms with Crippen LogP contribution in [0.25, 0.3) is 0 Å². The molecule has 0 saturated heterocycles. The van der Waals surface area contributed by atoms with Crippen LogP contribution in [-0.4, -0.2) is 38.7 Å². The molecule has 6 heteroatoms. The van der Waals surface area contributed by atoms with Crippen LogP contribution in [0.2, 0.25) is 0 Å². The lowest BCUT2D eigenvalue weighted by Crippen LogP contribution is -2.35. The molecule has 1 unspecified atom stereocenters. The van der Waals surface area contributed by atoms with Crippen LogP contribution in [-0.2, 0) is 17.4 Å². The van der Waals surface area contributed by atoms with E-state index in [1.807, 2.05) is 12.1 Å². The van der Waals surface area contributed by atoms with Gasteiger partial charge in [-0.3, -0.25) is 4.79 Å². The van der Waals surface area contributed by atoms with E-state index in [2.05, 4.69) is 63.2 Å². The molecule has 2 rings (SSSR count). The second-order valence-corrected chi connectivity index (χ2v) is 8.79. The molecule has 1 heterocycles. The number of aliphatic hydroxyl groups is 1. The smallest absolute Gasteiger partial charge is 0.251 e. The summed E-state index contributed by atoms with van der Waals surface area (Å²) in [6, 6.07) is 6.05. The van der Waals surface area contributed by atoms with Crippen molar-refractivity contribution >= 4 is 5.91 Å². The number of aliphatic hydroxyl groups excluding tert-OH is 1. The number of hydrogen-bond donors (Lipinski definition) is 2. The van der Waals surface area contributed by atoms with Crippen LogP contribution < -0.4 is 5.32 Å². The summed E-state index contributed by atoms with van der Waals surface area (Å²) in [5.74, 6) is -0.181. The van der Waals surface area contributed by atoms with Gasteiger partial charge in [0.1, 0.15) is 0 Å². The van der Waals surface area contributed by atoms with E-state index in [0.29, 0.717) is 5.56 Å². The minimum atomic E-state index is -0.728. The number of amides is 1. The molecule has 142 valence electrons. The van der Waals surface area contributed by atoms with Crippen LogP contribution in [0.3, 0.4) is 0 Å². The summed E-state index contributed by atoms with van der Waals surface area (Å²) in [7, 11) is 0. The van der Waals surface area contributed by atoms with Gasteiger partial charge in [-0.15, -0.1) is 5.10 Å². The van der Waals surface area contributed by atoms with Crippen molar-refractivity contribution in [1.29, 1.82) is 0 Å². The summed E-state index contributed by atoms with van der Waals surface area (Å²) in [6.07, 6.45) is 2.50. The van der Waals surface area contributed by atoms with E-state index in [1.165, 1.54) is 4.68 Å². The first-order valence-electron chi connectivity index (χ1n) is 8.93. The van der Waals surface area contributed by atoms with Gasteiger partial charge in [-0.25, -0.2) is 4.68 Å². The quantitative estimate of drug-likeness (QED) is 0.861. The lowest BCUT2D eigenvalue weighted by Gasteiger charge is -2.26. The Kier molecular flexibility index (Phi) is 5.86. The van der Waals surface area contributed by atoms with E-state index >= 15 is 0 Å². The fraction of sp³-hybridized carbons (Fsp3) is 0.550. The van der Waals surface area contributed by atoms with Gasteiger partial charge >= 0.3 is 0 Å². The van der Waals surface area contributed by atoms with Gasteiger partial charge in [-0.1, -0.05) is 52.8 Å². The fourth-order valence-corrected chi connectivity index (χ4v) is 2.55. The van der Waals surface area contributed by atoms with E-state index in [4.69, 9.17) is 0 Å². The highest BCUT2D eigenvalue weighted by molar-refractivity contribution is 5.94. The zero-order chi connectivity index (χ0) is 19.5. The zero-order valence-corrected chi connectivity index (χ0v) is 16.6. The molecule has 1 atom stereocenters. The Morgan fingerprint density at radius 1 is 1.12 bits per heavy atom. The molecule has 6 nitrogen and oxygen atoms in total. The highest BCUT2D eigenvalue weighted by Gasteiger charge is 2.22. The summed E-state index contributed by atoms with van der Waals surface area (Å²) in [5, 5.41) is 20.4. The van der Waals surface area contributed by atoms with Crippen molar-refractivity contribution in [3.05, 3.63) is 47.3 Å². The molecule has 1 aromatic carbocycles. The monoisotopic (exact) mass is 358 g/mol. The maximum atomic E-state index is 12.7. The Balaban J connectivity index is 2.14. The van der Waals surface area contributed by atoms with E-state index in [9.17, 15) is 9.90 Å². The number of aromatic nitrogens is 3. The summed E-state index contributed by atoms with van der Waals surface area (Å²) >= 11 is 0. The third-order valence-electron chi connectivity index (χ3n) is 4.30. The highest BCUT2D eigenvalue weighted by Crippen LogP contribution is 2.30. The SMILES string of the molecule is CC(C)(C)c1cc(C(=O)NCC(O)Cn2ccnn2)cc(C(C)(C)C)c1. The molecule has 0 saturated carbocycles. The molecular formula is C20H30N4O2. The van der Waals surface area contributed by atoms with Crippen LogP contribution in [0.15, 0.2) is 30.6 Å². The molecule has 1 aromatic heterocycles. The minimum absolute atomic E-state index is 0.0527. The first-order chi connectivity index (χ1) is 12.0. The van der Waals surface area contributed by atoms with Gasteiger partial charge in [0.25, 0.3) is 5.91 Å². The second kappa shape index (κ2) is 7.58. The van der Waals surface area contributed by atoms with E-state index in [1.54, 1.807) is 12.4 Å². The molecule has 0 aliphatic carbocycles. The Morgan fingerprint density at radius 2 is 1.69 bits per heavy atom. The predicted molar refractivity (Wildman–Crippen MR) is 102 cm³/mol. The molecule has 0 aliphatic heterocycles. The van der Waals surface area contributed by atoms with Crippen molar-refractivity contribution in [3.63, 3.8) is 0 Å². The summed E-state index contributed by atoms with van der Waals surface area (Å²) < 4.78 is 1.54. The van der Waals surface area contributed by atoms with E-state index in [-0.39, 0.29) is 29.8 Å². The topological polar surface area (TPSA) is 80.0 Å². The first-order valence-corrected chi connectivity index (χ1v) is 8.93. The van der Waals surface area contributed by atoms with Crippen LogP contribution in [0, 0.1) is 0 Å². The third kappa shape index (κ3) is 5.39. The summed E-state index contributed by atoms with van der Waals surface area (Å²) in [5.41, 5.74) is 2.76. The molecular weight excluding hydrogens is 328 g/mol. The van der Waals surface area contributed by atoms with Gasteiger partial charge in [0, 0.05) is 18.3 Å². The Labute approximate surface area is 155 Å². The van der Waals surface area contributed by atoms with Gasteiger partial charge in [0.2, 0.25) is 0 Å². The molecule has 0 spiro atoms. The van der Waals surface area contributed by atoms with Crippen molar-refractivity contribution in [1.82, 2.24) is 20.3 Å². The van der Waals surface area contributed by atoms with Crippen molar-refractivity contribution in [2.45, 2.75) is 65.0 Å². The van der Waals surface area contributed by atoms with Crippen LogP contribution in [0.1, 0.15) is 63.0 Å². The summed E-state index contributed by atoms with van der Waals surface area (Å²) in [6.45, 7) is 13.3. The maximum Gasteiger partial charge on any atom is 0.251 e. The van der Waals surface area contributed by atoms with Crippen LogP contribution in [0.5, 0.6) is 0 Å². The minimum Gasteiger partial charge on any atom is -0.389 e. The van der Waals surface area contributed by atoms with Gasteiger partial charge in [0.05, 0.1) is 18.8 Å². The van der Waals surface area contributed by atoms with E-state index in [0.717, 1.165) is 11.1 Å². The largest absolute Gasteiger partial charge is 0.389 e. The normalized spacial score (nSPS) is 13.5. The molecule has 2 N–H and O–H groups in total. The Morgan fingerprint density at radius 3 is 2.15 bits per heavy atom. The number of rotatable bonds is 5. The molecule has 0 fully saturated rings. The van der Waals surface area contributed by atoms with Gasteiger partial charge < -0.3 is 10.4 Å². The van der Waals surface area contributed by atoms with E-state index < -0.39 is 6.10 Å². The molecule has 2 aromatic rings. The standard InChI is InChI=1S/C20H30N4O2/c1-19(2,3)15-9-14(10-16(11-15)20(4,5)6)18(26)21-12-17(25)13-24-8-7-22-23-24/h7-11,17,25H,12-13H2,1-6H3,(H,21,26). The molecule has 0 radical (unpaired) electrons. The van der Waals surface area contributed by atoms with Gasteiger partial charge in [-0.2, -0.15) is 0 Å². The first kappa shape index (κ1) is 20.1. The predicted octanol–water partition coefficient (Wildman–Crippen LogP) is 2.66. The number of nitrogens with zero attached hydrogens (tertiary/aromatic N) is 3. The van der Waals surface area contributed by atoms with Gasteiger partial charge in [-0.05, 0) is 34.1 Å². The summed E-state index contributed by atoms with van der Waals surface area (Å²) in [4.78, 5) is 12.7. The lowest BCUT2D eigenvalue weighted by molar-refractivity contribution is 0.0900. The van der Waals surface area contributed by atoms with Crippen molar-refractivity contribution < 1.29 is 9.90 Å². The van der Waals surface area contributed by atoms with Gasteiger partial charge in [0.15, 0.2) is 0 Å². The van der Waals surface area contributed by atoms with Crippen molar-refractivity contribution in [2.75, 3.05) is 6.54 Å². The molecule has 0 bridgehead atoms. The second-order valence-electron chi connectivity index (χ2n) is 8.79. The molecule has 0 aliphatic rings. The molecule has 26 heavy (non-hydrogen) atoms. The number of carbonyl (C=O) groups is 1. The molecule has 1 amide bonds. The zero-order valence-electron chi connectivity index (χ0n) is 16.6. The number of carbonyl (C=O) groups excluding carboxylic acids is 1. The number of nitrogens with one attached hydrogen (secondary N) is 1. The van der Waals surface area contributed by atoms with Crippen molar-refractivity contribution in [3.8, 4) is 0 Å². The Bertz CT molecular complexity index is 708.